The number of hydrogen-bond acceptors (Lipinski definition) is 7. The summed E-state index contributed by atoms with van der Waals surface area (Å²) in [6, 6.07) is 4.50. The van der Waals surface area contributed by atoms with Crippen molar-refractivity contribution in [2.75, 3.05) is 38.8 Å². The molecule has 8 heteroatoms. The average Bonchev–Trinajstić information content (AvgIpc) is 2.49. The van der Waals surface area contributed by atoms with Crippen LogP contribution in [0.15, 0.2) is 12.1 Å². The first-order valence-electron chi connectivity index (χ1n) is 6.55. The van der Waals surface area contributed by atoms with Crippen LogP contribution in [0.5, 0.6) is 0 Å². The van der Waals surface area contributed by atoms with Gasteiger partial charge in [0, 0.05) is 26.3 Å². The second-order valence-corrected chi connectivity index (χ2v) is 4.17. The number of nitrogens with one attached hydrogen (secondary N) is 1. The van der Waals surface area contributed by atoms with Crippen LogP contribution in [-0.2, 0) is 9.47 Å². The van der Waals surface area contributed by atoms with Crippen molar-refractivity contribution in [2.24, 2.45) is 0 Å². The Labute approximate surface area is 122 Å². The van der Waals surface area contributed by atoms with Crippen LogP contribution in [0.3, 0.4) is 0 Å². The van der Waals surface area contributed by atoms with Crippen molar-refractivity contribution in [3.05, 3.63) is 27.9 Å². The van der Waals surface area contributed by atoms with Crippen molar-refractivity contribution in [1.29, 1.82) is 5.26 Å². The van der Waals surface area contributed by atoms with E-state index in [-0.39, 0.29) is 11.4 Å². The highest BCUT2D eigenvalue weighted by Crippen LogP contribution is 2.17. The SMILES string of the molecule is COCCOCCCCNc1ccc([N+](=O)[O-])c(C#N)n1. The molecule has 0 aliphatic carbocycles. The van der Waals surface area contributed by atoms with Gasteiger partial charge in [-0.2, -0.15) is 5.26 Å². The molecule has 1 aromatic rings. The zero-order valence-corrected chi connectivity index (χ0v) is 11.9. The number of ether oxygens (including phenoxy) is 2. The maximum absolute atomic E-state index is 10.7. The molecule has 0 saturated heterocycles. The van der Waals surface area contributed by atoms with E-state index in [0.29, 0.717) is 32.2 Å². The standard InChI is InChI=1S/C13H18N4O4/c1-20-8-9-21-7-3-2-6-15-13-5-4-12(17(18)19)11(10-14)16-13/h4-5H,2-3,6-9H2,1H3,(H,15,16). The first kappa shape index (κ1) is 16.8. The molecule has 0 aliphatic rings. The monoisotopic (exact) mass is 294 g/mol. The van der Waals surface area contributed by atoms with E-state index in [1.54, 1.807) is 13.2 Å². The molecule has 0 radical (unpaired) electrons. The molecule has 21 heavy (non-hydrogen) atoms. The summed E-state index contributed by atoms with van der Waals surface area (Å²) < 4.78 is 10.2. The average molecular weight is 294 g/mol. The second kappa shape index (κ2) is 9.63. The van der Waals surface area contributed by atoms with E-state index >= 15 is 0 Å². The lowest BCUT2D eigenvalue weighted by Crippen LogP contribution is -2.07. The Hall–Kier alpha value is -2.24. The third kappa shape index (κ3) is 6.16. The van der Waals surface area contributed by atoms with Gasteiger partial charge in [-0.1, -0.05) is 0 Å². The maximum Gasteiger partial charge on any atom is 0.305 e. The zero-order valence-electron chi connectivity index (χ0n) is 11.9. The highest BCUT2D eigenvalue weighted by molar-refractivity contribution is 5.50. The summed E-state index contributed by atoms with van der Waals surface area (Å²) in [6.07, 6.45) is 1.75. The number of nitrogens with zero attached hydrogens (tertiary/aromatic N) is 3. The molecular formula is C13H18N4O4. The van der Waals surface area contributed by atoms with Crippen molar-refractivity contribution in [3.8, 4) is 6.07 Å². The lowest BCUT2D eigenvalue weighted by atomic mass is 10.3. The van der Waals surface area contributed by atoms with Crippen LogP contribution in [0.25, 0.3) is 0 Å². The summed E-state index contributed by atoms with van der Waals surface area (Å²) in [5.74, 6) is 0.456. The van der Waals surface area contributed by atoms with Gasteiger partial charge in [-0.15, -0.1) is 0 Å². The topological polar surface area (TPSA) is 110 Å². The minimum atomic E-state index is -0.618. The molecule has 1 rings (SSSR count). The lowest BCUT2D eigenvalue weighted by Gasteiger charge is -2.06. The quantitative estimate of drug-likeness (QED) is 0.397. The predicted molar refractivity (Wildman–Crippen MR) is 76.0 cm³/mol. The van der Waals surface area contributed by atoms with Crippen molar-refractivity contribution < 1.29 is 14.4 Å². The number of unbranched alkanes of at least 4 members (excludes halogenated alkanes) is 1. The van der Waals surface area contributed by atoms with Gasteiger partial charge in [-0.3, -0.25) is 10.1 Å². The number of hydrogen-bond donors (Lipinski definition) is 1. The molecule has 1 aromatic heterocycles. The number of pyridine rings is 1. The summed E-state index contributed by atoms with van der Waals surface area (Å²) >= 11 is 0. The molecule has 1 N–H and O–H groups in total. The fraction of sp³-hybridized carbons (Fsp3) is 0.538. The molecule has 0 aromatic carbocycles. The smallest absolute Gasteiger partial charge is 0.305 e. The number of anilines is 1. The lowest BCUT2D eigenvalue weighted by molar-refractivity contribution is -0.385. The fourth-order valence-electron chi connectivity index (χ4n) is 1.57. The van der Waals surface area contributed by atoms with E-state index in [1.807, 2.05) is 0 Å². The number of methoxy groups -OCH3 is 1. The summed E-state index contributed by atoms with van der Waals surface area (Å²) in [7, 11) is 1.62. The van der Waals surface area contributed by atoms with Crippen LogP contribution in [0.2, 0.25) is 0 Å². The number of rotatable bonds is 10. The largest absolute Gasteiger partial charge is 0.382 e. The molecule has 0 atom stereocenters. The molecule has 114 valence electrons. The second-order valence-electron chi connectivity index (χ2n) is 4.17. The van der Waals surface area contributed by atoms with Crippen molar-refractivity contribution in [1.82, 2.24) is 4.98 Å². The summed E-state index contributed by atoms with van der Waals surface area (Å²) in [4.78, 5) is 14.0. The third-order valence-electron chi connectivity index (χ3n) is 2.63. The Bertz CT molecular complexity index is 501. The Kier molecular flexibility index (Phi) is 7.71. The molecule has 0 spiro atoms. The number of nitriles is 1. The van der Waals surface area contributed by atoms with Gasteiger partial charge in [0.1, 0.15) is 11.9 Å². The van der Waals surface area contributed by atoms with Gasteiger partial charge in [-0.05, 0) is 18.9 Å². The van der Waals surface area contributed by atoms with E-state index in [2.05, 4.69) is 10.3 Å². The van der Waals surface area contributed by atoms with Crippen LogP contribution in [0, 0.1) is 21.4 Å². The molecule has 0 saturated carbocycles. The molecule has 0 bridgehead atoms. The van der Waals surface area contributed by atoms with E-state index in [9.17, 15) is 10.1 Å². The van der Waals surface area contributed by atoms with Gasteiger partial charge >= 0.3 is 5.69 Å². The predicted octanol–water partition coefficient (Wildman–Crippen LogP) is 1.72. The maximum atomic E-state index is 10.7. The van der Waals surface area contributed by atoms with Crippen molar-refractivity contribution in [2.45, 2.75) is 12.8 Å². The highest BCUT2D eigenvalue weighted by atomic mass is 16.6. The number of nitro groups is 1. The van der Waals surface area contributed by atoms with Gasteiger partial charge < -0.3 is 14.8 Å². The minimum Gasteiger partial charge on any atom is -0.382 e. The molecule has 0 unspecified atom stereocenters. The van der Waals surface area contributed by atoms with Crippen molar-refractivity contribution >= 4 is 11.5 Å². The van der Waals surface area contributed by atoms with Crippen LogP contribution in [0.4, 0.5) is 11.5 Å². The summed E-state index contributed by atoms with van der Waals surface area (Å²) in [5.41, 5.74) is -0.470. The fourth-order valence-corrected chi connectivity index (χ4v) is 1.57. The summed E-state index contributed by atoms with van der Waals surface area (Å²) in [5, 5.41) is 22.5. The Morgan fingerprint density at radius 2 is 2.19 bits per heavy atom. The molecule has 0 amide bonds. The zero-order chi connectivity index (χ0) is 15.5. The van der Waals surface area contributed by atoms with E-state index < -0.39 is 4.92 Å². The Balaban J connectivity index is 2.30. The molecule has 1 heterocycles. The number of aromatic nitrogens is 1. The first-order valence-corrected chi connectivity index (χ1v) is 6.55. The first-order chi connectivity index (χ1) is 10.2. The van der Waals surface area contributed by atoms with Gasteiger partial charge in [0.2, 0.25) is 5.69 Å². The molecule has 0 aliphatic heterocycles. The molecule has 0 fully saturated rings. The van der Waals surface area contributed by atoms with Crippen LogP contribution in [-0.4, -0.2) is 43.4 Å². The highest BCUT2D eigenvalue weighted by Gasteiger charge is 2.15. The van der Waals surface area contributed by atoms with Crippen LogP contribution >= 0.6 is 0 Å². The van der Waals surface area contributed by atoms with Gasteiger partial charge in [0.15, 0.2) is 0 Å². The van der Waals surface area contributed by atoms with Crippen molar-refractivity contribution in [3.63, 3.8) is 0 Å². The van der Waals surface area contributed by atoms with Gasteiger partial charge in [-0.25, -0.2) is 4.98 Å². The van der Waals surface area contributed by atoms with E-state index in [4.69, 9.17) is 14.7 Å². The Morgan fingerprint density at radius 1 is 1.38 bits per heavy atom. The Morgan fingerprint density at radius 3 is 2.86 bits per heavy atom. The molecule has 8 nitrogen and oxygen atoms in total. The molecular weight excluding hydrogens is 276 g/mol. The van der Waals surface area contributed by atoms with E-state index in [1.165, 1.54) is 12.1 Å². The van der Waals surface area contributed by atoms with Gasteiger partial charge in [0.25, 0.3) is 0 Å². The summed E-state index contributed by atoms with van der Waals surface area (Å²) in [6.45, 7) is 2.48. The van der Waals surface area contributed by atoms with Crippen LogP contribution < -0.4 is 5.32 Å². The van der Waals surface area contributed by atoms with Crippen LogP contribution in [0.1, 0.15) is 18.5 Å². The van der Waals surface area contributed by atoms with E-state index in [0.717, 1.165) is 12.8 Å². The normalized spacial score (nSPS) is 10.1. The third-order valence-corrected chi connectivity index (χ3v) is 2.63. The van der Waals surface area contributed by atoms with Gasteiger partial charge in [0.05, 0.1) is 18.1 Å². The minimum absolute atomic E-state index is 0.187.